The van der Waals surface area contributed by atoms with Crippen LogP contribution < -0.4 is 0 Å². The predicted octanol–water partition coefficient (Wildman–Crippen LogP) is 1.42. The molecule has 0 radical (unpaired) electrons. The fraction of sp³-hybridized carbons (Fsp3) is 1.00. The molecule has 0 aromatic rings. The van der Waals surface area contributed by atoms with Crippen LogP contribution in [0.5, 0.6) is 0 Å². The third-order valence-corrected chi connectivity index (χ3v) is 2.03. The van der Waals surface area contributed by atoms with Crippen LogP contribution in [0.15, 0.2) is 0 Å². The Hall–Kier alpha value is 1.11. The van der Waals surface area contributed by atoms with Crippen LogP contribution in [-0.2, 0) is 9.09 Å². The molecule has 13 heavy (non-hydrogen) atoms. The molecule has 0 atom stereocenters. The Kier molecular flexibility index (Phi) is 12.3. The number of phosphoric acid groups is 1. The van der Waals surface area contributed by atoms with Crippen LogP contribution in [0.25, 0.3) is 0 Å². The van der Waals surface area contributed by atoms with Gasteiger partial charge in [0, 0.05) is 0 Å². The summed E-state index contributed by atoms with van der Waals surface area (Å²) in [6.45, 7) is 2.28. The van der Waals surface area contributed by atoms with Crippen molar-refractivity contribution in [2.75, 3.05) is 6.61 Å². The first-order valence-electron chi connectivity index (χ1n) is 4.26. The van der Waals surface area contributed by atoms with Crippen molar-refractivity contribution in [2.45, 2.75) is 39.0 Å². The molecule has 0 aromatic carbocycles. The zero-order valence-electron chi connectivity index (χ0n) is 7.40. The molecule has 0 fully saturated rings. The van der Waals surface area contributed by atoms with Crippen LogP contribution in [0.1, 0.15) is 39.0 Å². The quantitative estimate of drug-likeness (QED) is 0.387. The van der Waals surface area contributed by atoms with E-state index >= 15 is 0 Å². The van der Waals surface area contributed by atoms with E-state index in [9.17, 15) is 4.57 Å². The van der Waals surface area contributed by atoms with Crippen LogP contribution in [0.3, 0.4) is 0 Å². The van der Waals surface area contributed by atoms with Crippen molar-refractivity contribution < 1.29 is 18.9 Å². The van der Waals surface area contributed by atoms with Crippen molar-refractivity contribution in [3.8, 4) is 0 Å². The molecular formula is C7H18NaO4P. The van der Waals surface area contributed by atoms with Crippen LogP contribution in [0.2, 0.25) is 0 Å². The molecule has 4 nitrogen and oxygen atoms in total. The first-order chi connectivity index (χ1) is 5.56. The summed E-state index contributed by atoms with van der Waals surface area (Å²) in [7, 11) is -4.22. The van der Waals surface area contributed by atoms with Gasteiger partial charge >= 0.3 is 37.4 Å². The second kappa shape index (κ2) is 9.66. The maximum atomic E-state index is 10.2. The maximum absolute atomic E-state index is 10.2. The fourth-order valence-corrected chi connectivity index (χ4v) is 1.26. The second-order valence-electron chi connectivity index (χ2n) is 2.74. The summed E-state index contributed by atoms with van der Waals surface area (Å²) >= 11 is 0. The third kappa shape index (κ3) is 15.8. The van der Waals surface area contributed by atoms with Crippen LogP contribution >= 0.6 is 7.82 Å². The Morgan fingerprint density at radius 1 is 1.15 bits per heavy atom. The van der Waals surface area contributed by atoms with Gasteiger partial charge < -0.3 is 9.79 Å². The van der Waals surface area contributed by atoms with E-state index in [1.54, 1.807) is 0 Å². The minimum atomic E-state index is -4.22. The van der Waals surface area contributed by atoms with Gasteiger partial charge in [-0.3, -0.25) is 4.52 Å². The molecule has 0 saturated carbocycles. The Balaban J connectivity index is 0. The van der Waals surface area contributed by atoms with Crippen molar-refractivity contribution in [2.24, 2.45) is 0 Å². The van der Waals surface area contributed by atoms with Gasteiger partial charge in [0.15, 0.2) is 0 Å². The summed E-state index contributed by atoms with van der Waals surface area (Å²) < 4.78 is 14.5. The van der Waals surface area contributed by atoms with Gasteiger partial charge in [0.25, 0.3) is 0 Å². The molecule has 0 saturated heterocycles. The summed E-state index contributed by atoms with van der Waals surface area (Å²) in [4.78, 5) is 16.6. The zero-order chi connectivity index (χ0) is 9.45. The van der Waals surface area contributed by atoms with Gasteiger partial charge in [-0.05, 0) is 6.42 Å². The molecule has 0 spiro atoms. The van der Waals surface area contributed by atoms with E-state index in [0.29, 0.717) is 0 Å². The van der Waals surface area contributed by atoms with E-state index < -0.39 is 7.82 Å². The topological polar surface area (TPSA) is 66.8 Å². The summed E-state index contributed by atoms with van der Waals surface area (Å²) in [6.07, 6.45) is 5.16. The van der Waals surface area contributed by atoms with Gasteiger partial charge in [-0.15, -0.1) is 0 Å². The van der Waals surface area contributed by atoms with Gasteiger partial charge in [-0.25, -0.2) is 4.57 Å². The van der Waals surface area contributed by atoms with E-state index in [4.69, 9.17) is 9.79 Å². The van der Waals surface area contributed by atoms with Gasteiger partial charge in [-0.1, -0.05) is 32.6 Å². The molecule has 76 valence electrons. The van der Waals surface area contributed by atoms with Crippen molar-refractivity contribution in [1.82, 2.24) is 0 Å². The summed E-state index contributed by atoms with van der Waals surface area (Å²) in [5.41, 5.74) is 0. The molecule has 6 heteroatoms. The fourth-order valence-electron chi connectivity index (χ4n) is 0.889. The Morgan fingerprint density at radius 3 is 2.15 bits per heavy atom. The van der Waals surface area contributed by atoms with Crippen molar-refractivity contribution in [3.05, 3.63) is 0 Å². The number of hydrogen-bond donors (Lipinski definition) is 2. The van der Waals surface area contributed by atoms with Gasteiger partial charge in [0.1, 0.15) is 0 Å². The summed E-state index contributed by atoms with van der Waals surface area (Å²) in [6, 6.07) is 0. The van der Waals surface area contributed by atoms with E-state index in [0.717, 1.165) is 19.3 Å². The average molecular weight is 220 g/mol. The number of hydrogen-bond acceptors (Lipinski definition) is 2. The molecule has 0 bridgehead atoms. The Morgan fingerprint density at radius 2 is 1.69 bits per heavy atom. The molecule has 0 aliphatic heterocycles. The van der Waals surface area contributed by atoms with Crippen LogP contribution in [0, 0.1) is 0 Å². The Bertz CT molecular complexity index is 147. The van der Waals surface area contributed by atoms with Gasteiger partial charge in [-0.2, -0.15) is 0 Å². The minimum absolute atomic E-state index is 0. The third-order valence-electron chi connectivity index (χ3n) is 1.51. The normalized spacial score (nSPS) is 11.0. The standard InChI is InChI=1S/C7H17O4P.Na.H/c1-2-3-4-5-6-7-11-12(8,9)10;;/h2-7H2,1H3,(H2,8,9,10);;. The Labute approximate surface area is 102 Å². The molecule has 2 N–H and O–H groups in total. The average Bonchev–Trinajstić information content (AvgIpc) is 1.94. The molecule has 0 aliphatic rings. The SMILES string of the molecule is CCCCCCCOP(=O)(O)O.[NaH]. The molecule has 0 aliphatic carbocycles. The van der Waals surface area contributed by atoms with Crippen LogP contribution in [-0.4, -0.2) is 46.0 Å². The van der Waals surface area contributed by atoms with Gasteiger partial charge in [0.2, 0.25) is 0 Å². The first-order valence-corrected chi connectivity index (χ1v) is 5.79. The monoisotopic (exact) mass is 220 g/mol. The molecule has 0 heterocycles. The van der Waals surface area contributed by atoms with Crippen molar-refractivity contribution in [3.63, 3.8) is 0 Å². The van der Waals surface area contributed by atoms with Gasteiger partial charge in [0.05, 0.1) is 6.61 Å². The molecule has 0 amide bonds. The summed E-state index contributed by atoms with van der Waals surface area (Å²) in [5.74, 6) is 0. The van der Waals surface area contributed by atoms with Crippen molar-refractivity contribution in [1.29, 1.82) is 0 Å². The molecular weight excluding hydrogens is 202 g/mol. The van der Waals surface area contributed by atoms with E-state index in [2.05, 4.69) is 11.4 Å². The van der Waals surface area contributed by atoms with E-state index in [1.807, 2.05) is 0 Å². The summed E-state index contributed by atoms with van der Waals surface area (Å²) in [5, 5.41) is 0. The second-order valence-corrected chi connectivity index (χ2v) is 3.98. The molecule has 0 aromatic heterocycles. The zero-order valence-corrected chi connectivity index (χ0v) is 8.30. The van der Waals surface area contributed by atoms with E-state index in [-0.39, 0.29) is 36.2 Å². The predicted molar refractivity (Wildman–Crippen MR) is 53.9 cm³/mol. The molecule has 0 unspecified atom stereocenters. The van der Waals surface area contributed by atoms with Crippen molar-refractivity contribution >= 4 is 37.4 Å². The molecule has 0 rings (SSSR count). The van der Waals surface area contributed by atoms with Crippen LogP contribution in [0.4, 0.5) is 0 Å². The first kappa shape index (κ1) is 16.5. The number of phosphoric ester groups is 1. The number of unbranched alkanes of at least 4 members (excludes halogenated alkanes) is 4. The number of rotatable bonds is 7. The van der Waals surface area contributed by atoms with E-state index in [1.165, 1.54) is 12.8 Å².